The van der Waals surface area contributed by atoms with Crippen molar-refractivity contribution in [2.24, 2.45) is 5.92 Å². The number of aryl methyl sites for hydroxylation is 1. The maximum Gasteiger partial charge on any atom is 0.123 e. The van der Waals surface area contributed by atoms with Gasteiger partial charge in [-0.05, 0) is 42.5 Å². The van der Waals surface area contributed by atoms with Crippen LogP contribution in [0.1, 0.15) is 49.3 Å². The van der Waals surface area contributed by atoms with Gasteiger partial charge < -0.3 is 5.11 Å². The van der Waals surface area contributed by atoms with Crippen molar-refractivity contribution >= 4 is 0 Å². The molecule has 1 atom stereocenters. The van der Waals surface area contributed by atoms with Crippen LogP contribution in [0.15, 0.2) is 18.2 Å². The Morgan fingerprint density at radius 1 is 1.38 bits per heavy atom. The molecule has 0 heterocycles. The molecular formula is C14H19FO. The van der Waals surface area contributed by atoms with E-state index in [1.54, 1.807) is 6.07 Å². The minimum absolute atomic E-state index is 0.227. The highest BCUT2D eigenvalue weighted by atomic mass is 19.1. The number of aliphatic hydroxyl groups is 1. The number of aliphatic hydroxyl groups excluding tert-OH is 1. The van der Waals surface area contributed by atoms with E-state index in [0.29, 0.717) is 5.92 Å². The monoisotopic (exact) mass is 222 g/mol. The summed E-state index contributed by atoms with van der Waals surface area (Å²) in [6.07, 6.45) is 5.45. The maximum atomic E-state index is 12.9. The Labute approximate surface area is 96.3 Å². The number of rotatable bonds is 3. The van der Waals surface area contributed by atoms with Crippen LogP contribution in [0.2, 0.25) is 0 Å². The van der Waals surface area contributed by atoms with E-state index in [1.165, 1.54) is 37.8 Å². The topological polar surface area (TPSA) is 20.2 Å². The second-order valence-electron chi connectivity index (χ2n) is 4.90. The fraction of sp³-hybridized carbons (Fsp3) is 0.571. The molecule has 0 aromatic heterocycles. The van der Waals surface area contributed by atoms with E-state index in [0.717, 1.165) is 17.5 Å². The molecule has 2 heteroatoms. The van der Waals surface area contributed by atoms with Crippen LogP contribution in [0, 0.1) is 18.7 Å². The lowest BCUT2D eigenvalue weighted by Crippen LogP contribution is -2.06. The Kier molecular flexibility index (Phi) is 3.59. The fourth-order valence-corrected chi connectivity index (χ4v) is 2.70. The molecule has 1 aromatic rings. The van der Waals surface area contributed by atoms with E-state index in [2.05, 4.69) is 0 Å². The van der Waals surface area contributed by atoms with Gasteiger partial charge in [-0.15, -0.1) is 0 Å². The van der Waals surface area contributed by atoms with Crippen molar-refractivity contribution in [3.63, 3.8) is 0 Å². The first-order chi connectivity index (χ1) is 7.66. The van der Waals surface area contributed by atoms with E-state index in [4.69, 9.17) is 0 Å². The summed E-state index contributed by atoms with van der Waals surface area (Å²) >= 11 is 0. The van der Waals surface area contributed by atoms with Gasteiger partial charge in [-0.2, -0.15) is 0 Å². The third-order valence-corrected chi connectivity index (χ3v) is 3.62. The van der Waals surface area contributed by atoms with Gasteiger partial charge in [-0.1, -0.05) is 31.7 Å². The second kappa shape index (κ2) is 4.96. The summed E-state index contributed by atoms with van der Waals surface area (Å²) in [7, 11) is 0. The lowest BCUT2D eigenvalue weighted by atomic mass is 9.93. The summed E-state index contributed by atoms with van der Waals surface area (Å²) in [5.41, 5.74) is 1.73. The molecule has 16 heavy (non-hydrogen) atoms. The molecule has 0 amide bonds. The molecule has 0 saturated heterocycles. The summed E-state index contributed by atoms with van der Waals surface area (Å²) in [4.78, 5) is 0. The van der Waals surface area contributed by atoms with E-state index in [1.807, 2.05) is 6.92 Å². The van der Waals surface area contributed by atoms with Crippen molar-refractivity contribution in [1.82, 2.24) is 0 Å². The predicted molar refractivity (Wildman–Crippen MR) is 62.7 cm³/mol. The van der Waals surface area contributed by atoms with Crippen LogP contribution in [0.25, 0.3) is 0 Å². The largest absolute Gasteiger partial charge is 0.388 e. The third-order valence-electron chi connectivity index (χ3n) is 3.62. The molecule has 1 N–H and O–H groups in total. The smallest absolute Gasteiger partial charge is 0.123 e. The van der Waals surface area contributed by atoms with Crippen LogP contribution in [-0.4, -0.2) is 5.11 Å². The maximum absolute atomic E-state index is 12.9. The number of halogens is 1. The molecule has 2 rings (SSSR count). The standard InChI is InChI=1S/C14H19FO/c1-10-8-12(15)6-7-13(10)14(16)9-11-4-2-3-5-11/h6-8,11,14,16H,2-5,9H2,1H3. The normalized spacial score (nSPS) is 18.9. The van der Waals surface area contributed by atoms with E-state index >= 15 is 0 Å². The first-order valence-corrected chi connectivity index (χ1v) is 6.11. The molecule has 0 bridgehead atoms. The van der Waals surface area contributed by atoms with Crippen LogP contribution >= 0.6 is 0 Å². The molecule has 1 aromatic carbocycles. The van der Waals surface area contributed by atoms with Crippen molar-refractivity contribution in [2.45, 2.75) is 45.1 Å². The van der Waals surface area contributed by atoms with E-state index in [9.17, 15) is 9.50 Å². The van der Waals surface area contributed by atoms with Gasteiger partial charge in [0.15, 0.2) is 0 Å². The quantitative estimate of drug-likeness (QED) is 0.825. The van der Waals surface area contributed by atoms with Crippen LogP contribution in [0.4, 0.5) is 4.39 Å². The van der Waals surface area contributed by atoms with Gasteiger partial charge in [0.05, 0.1) is 6.10 Å². The van der Waals surface area contributed by atoms with Crippen LogP contribution in [0.5, 0.6) is 0 Å². The van der Waals surface area contributed by atoms with Crippen molar-refractivity contribution in [3.8, 4) is 0 Å². The highest BCUT2D eigenvalue weighted by Crippen LogP contribution is 2.33. The lowest BCUT2D eigenvalue weighted by molar-refractivity contribution is 0.144. The zero-order valence-corrected chi connectivity index (χ0v) is 9.75. The van der Waals surface area contributed by atoms with Gasteiger partial charge >= 0.3 is 0 Å². The summed E-state index contributed by atoms with van der Waals surface area (Å²) in [5, 5.41) is 10.1. The van der Waals surface area contributed by atoms with Crippen molar-refractivity contribution < 1.29 is 9.50 Å². The Bertz CT molecular complexity index is 356. The molecule has 88 valence electrons. The highest BCUT2D eigenvalue weighted by Gasteiger charge is 2.20. The molecule has 1 aliphatic carbocycles. The van der Waals surface area contributed by atoms with Gasteiger partial charge in [-0.3, -0.25) is 0 Å². The number of hydrogen-bond acceptors (Lipinski definition) is 1. The molecule has 0 aliphatic heterocycles. The molecule has 1 nitrogen and oxygen atoms in total. The summed E-state index contributed by atoms with van der Waals surface area (Å²) < 4.78 is 12.9. The molecule has 1 aliphatic rings. The molecule has 1 fully saturated rings. The fourth-order valence-electron chi connectivity index (χ4n) is 2.70. The van der Waals surface area contributed by atoms with Gasteiger partial charge in [0.2, 0.25) is 0 Å². The lowest BCUT2D eigenvalue weighted by Gasteiger charge is -2.17. The predicted octanol–water partition coefficient (Wildman–Crippen LogP) is 3.75. The zero-order chi connectivity index (χ0) is 11.5. The van der Waals surface area contributed by atoms with Crippen LogP contribution in [-0.2, 0) is 0 Å². The highest BCUT2D eigenvalue weighted by molar-refractivity contribution is 5.28. The molecule has 1 saturated carbocycles. The molecule has 0 radical (unpaired) electrons. The minimum Gasteiger partial charge on any atom is -0.388 e. The van der Waals surface area contributed by atoms with Crippen molar-refractivity contribution in [2.75, 3.05) is 0 Å². The van der Waals surface area contributed by atoms with Gasteiger partial charge in [-0.25, -0.2) is 4.39 Å². The Balaban J connectivity index is 2.04. The Hall–Kier alpha value is -0.890. The van der Waals surface area contributed by atoms with Gasteiger partial charge in [0.1, 0.15) is 5.82 Å². The summed E-state index contributed by atoms with van der Waals surface area (Å²) in [6.45, 7) is 1.86. The second-order valence-corrected chi connectivity index (χ2v) is 4.90. The Morgan fingerprint density at radius 3 is 2.69 bits per heavy atom. The van der Waals surface area contributed by atoms with Gasteiger partial charge in [0.25, 0.3) is 0 Å². The first kappa shape index (κ1) is 11.6. The summed E-state index contributed by atoms with van der Waals surface area (Å²) in [5.74, 6) is 0.425. The zero-order valence-electron chi connectivity index (χ0n) is 9.75. The van der Waals surface area contributed by atoms with E-state index < -0.39 is 6.10 Å². The first-order valence-electron chi connectivity index (χ1n) is 6.11. The molecular weight excluding hydrogens is 203 g/mol. The third kappa shape index (κ3) is 2.62. The SMILES string of the molecule is Cc1cc(F)ccc1C(O)CC1CCCC1. The average Bonchev–Trinajstić information content (AvgIpc) is 2.70. The number of hydrogen-bond donors (Lipinski definition) is 1. The van der Waals surface area contributed by atoms with E-state index in [-0.39, 0.29) is 5.82 Å². The average molecular weight is 222 g/mol. The molecule has 0 spiro atoms. The van der Waals surface area contributed by atoms with Crippen LogP contribution in [0.3, 0.4) is 0 Å². The Morgan fingerprint density at radius 2 is 2.06 bits per heavy atom. The minimum atomic E-state index is -0.427. The van der Waals surface area contributed by atoms with Crippen molar-refractivity contribution in [3.05, 3.63) is 35.1 Å². The van der Waals surface area contributed by atoms with Gasteiger partial charge in [0, 0.05) is 0 Å². The number of benzene rings is 1. The summed E-state index contributed by atoms with van der Waals surface area (Å²) in [6, 6.07) is 4.64. The molecule has 1 unspecified atom stereocenters. The van der Waals surface area contributed by atoms with Crippen molar-refractivity contribution in [1.29, 1.82) is 0 Å². The van der Waals surface area contributed by atoms with Crippen LogP contribution < -0.4 is 0 Å².